The van der Waals surface area contributed by atoms with Crippen LogP contribution in [0.2, 0.25) is 0 Å². The number of amides is 1. The van der Waals surface area contributed by atoms with Crippen LogP contribution in [0.25, 0.3) is 0 Å². The summed E-state index contributed by atoms with van der Waals surface area (Å²) in [4.78, 5) is 17.4. The summed E-state index contributed by atoms with van der Waals surface area (Å²) in [5.41, 5.74) is 4.41. The number of nitrogens with zero attached hydrogens (tertiary/aromatic N) is 3. The molecule has 1 aliphatic rings. The molecule has 0 aliphatic carbocycles. The highest BCUT2D eigenvalue weighted by Gasteiger charge is 2.31. The minimum absolute atomic E-state index is 0.159. The molecule has 0 atom stereocenters. The zero-order valence-electron chi connectivity index (χ0n) is 19.0. The van der Waals surface area contributed by atoms with Crippen molar-refractivity contribution in [2.75, 3.05) is 44.2 Å². The van der Waals surface area contributed by atoms with E-state index in [4.69, 9.17) is 9.47 Å². The van der Waals surface area contributed by atoms with Gasteiger partial charge in [0.25, 0.3) is 5.91 Å². The summed E-state index contributed by atoms with van der Waals surface area (Å²) in [6.07, 6.45) is 0. The number of carbonyl (C=O) groups excluding carboxylic acids is 1. The van der Waals surface area contributed by atoms with Crippen LogP contribution < -0.4 is 24.6 Å². The highest BCUT2D eigenvalue weighted by atomic mass is 16.5. The Hall–Kier alpha value is -4.02. The van der Waals surface area contributed by atoms with Crippen LogP contribution in [0.1, 0.15) is 21.5 Å². The van der Waals surface area contributed by atoms with Crippen molar-refractivity contribution in [1.82, 2.24) is 5.32 Å². The first-order valence-electron chi connectivity index (χ1n) is 10.7. The average Bonchev–Trinajstić information content (AvgIpc) is 2.94. The van der Waals surface area contributed by atoms with Gasteiger partial charge in [-0.25, -0.2) is 0 Å². The van der Waals surface area contributed by atoms with Gasteiger partial charge in [-0.2, -0.15) is 5.26 Å². The van der Waals surface area contributed by atoms with E-state index in [0.717, 1.165) is 5.69 Å². The molecule has 1 N–H and O–H groups in total. The maximum Gasteiger partial charge on any atom is 0.260 e. The van der Waals surface area contributed by atoms with Crippen molar-refractivity contribution in [2.45, 2.75) is 6.54 Å². The van der Waals surface area contributed by atoms with Crippen molar-refractivity contribution in [2.24, 2.45) is 0 Å². The predicted molar refractivity (Wildman–Crippen MR) is 129 cm³/mol. The Morgan fingerprint density at radius 2 is 1.67 bits per heavy atom. The van der Waals surface area contributed by atoms with Crippen molar-refractivity contribution in [3.05, 3.63) is 77.4 Å². The van der Waals surface area contributed by atoms with Gasteiger partial charge in [-0.15, -0.1) is 0 Å². The molecule has 33 heavy (non-hydrogen) atoms. The van der Waals surface area contributed by atoms with Crippen LogP contribution in [-0.2, 0) is 6.54 Å². The lowest BCUT2D eigenvalue weighted by molar-refractivity contribution is 0.0988. The van der Waals surface area contributed by atoms with Gasteiger partial charge in [-0.3, -0.25) is 4.79 Å². The standard InChI is InChI=1S/C26H26N4O3/c1-29-21-10-9-19(16-27)13-23(21)30(12-11-28-17-18-7-5-4-6-8-18)26(31)20-14-24(32-2)25(33-3)15-22(20)29/h4-10,13-15,28H,11-12,17H2,1-3H3. The minimum atomic E-state index is -0.159. The second-order valence-electron chi connectivity index (χ2n) is 7.72. The summed E-state index contributed by atoms with van der Waals surface area (Å²) in [6.45, 7) is 1.73. The van der Waals surface area contributed by atoms with E-state index in [1.54, 1.807) is 37.3 Å². The van der Waals surface area contributed by atoms with Gasteiger partial charge in [-0.1, -0.05) is 30.3 Å². The second kappa shape index (κ2) is 9.63. The molecule has 0 fully saturated rings. The summed E-state index contributed by atoms with van der Waals surface area (Å²) >= 11 is 0. The number of fused-ring (bicyclic) bond motifs is 2. The number of anilines is 3. The Balaban J connectivity index is 1.71. The van der Waals surface area contributed by atoms with E-state index in [2.05, 4.69) is 23.5 Å². The van der Waals surface area contributed by atoms with E-state index < -0.39 is 0 Å². The highest BCUT2D eigenvalue weighted by molar-refractivity contribution is 6.14. The monoisotopic (exact) mass is 442 g/mol. The van der Waals surface area contributed by atoms with Crippen LogP contribution in [0.15, 0.2) is 60.7 Å². The third-order valence-corrected chi connectivity index (χ3v) is 5.78. The van der Waals surface area contributed by atoms with Crippen molar-refractivity contribution in [3.63, 3.8) is 0 Å². The topological polar surface area (TPSA) is 77.8 Å². The molecule has 0 aromatic heterocycles. The molecule has 0 saturated carbocycles. The number of hydrogen-bond donors (Lipinski definition) is 1. The van der Waals surface area contributed by atoms with Gasteiger partial charge < -0.3 is 24.6 Å². The zero-order chi connectivity index (χ0) is 23.4. The number of ether oxygens (including phenoxy) is 2. The molecule has 1 aliphatic heterocycles. The highest BCUT2D eigenvalue weighted by Crippen LogP contribution is 2.44. The first kappa shape index (κ1) is 22.2. The van der Waals surface area contributed by atoms with E-state index in [0.29, 0.717) is 53.6 Å². The van der Waals surface area contributed by atoms with Crippen LogP contribution in [0.5, 0.6) is 11.5 Å². The molecule has 3 aromatic rings. The lowest BCUT2D eigenvalue weighted by Crippen LogP contribution is -2.36. The van der Waals surface area contributed by atoms with Crippen LogP contribution in [0.4, 0.5) is 17.1 Å². The molecule has 1 amide bonds. The molecule has 4 rings (SSSR count). The molecule has 0 bridgehead atoms. The average molecular weight is 443 g/mol. The lowest BCUT2D eigenvalue weighted by Gasteiger charge is -2.25. The van der Waals surface area contributed by atoms with E-state index in [1.807, 2.05) is 42.3 Å². The number of nitrogens with one attached hydrogen (secondary N) is 1. The summed E-state index contributed by atoms with van der Waals surface area (Å²) in [6, 6.07) is 21.2. The Morgan fingerprint density at radius 3 is 2.36 bits per heavy atom. The van der Waals surface area contributed by atoms with Crippen LogP contribution in [-0.4, -0.2) is 40.3 Å². The van der Waals surface area contributed by atoms with Gasteiger partial charge in [0, 0.05) is 32.7 Å². The Morgan fingerprint density at radius 1 is 0.939 bits per heavy atom. The summed E-state index contributed by atoms with van der Waals surface area (Å²) in [7, 11) is 5.02. The molecule has 0 spiro atoms. The number of nitriles is 1. The third-order valence-electron chi connectivity index (χ3n) is 5.78. The van der Waals surface area contributed by atoms with Crippen LogP contribution in [0, 0.1) is 11.3 Å². The fraction of sp³-hybridized carbons (Fsp3) is 0.231. The summed E-state index contributed by atoms with van der Waals surface area (Å²) < 4.78 is 10.9. The predicted octanol–water partition coefficient (Wildman–Crippen LogP) is 4.09. The molecule has 0 unspecified atom stereocenters. The molecule has 1 heterocycles. The Bertz CT molecular complexity index is 1200. The number of benzene rings is 3. The molecular weight excluding hydrogens is 416 g/mol. The van der Waals surface area contributed by atoms with Gasteiger partial charge in [0.05, 0.1) is 48.5 Å². The van der Waals surface area contributed by atoms with E-state index in [-0.39, 0.29) is 5.91 Å². The van der Waals surface area contributed by atoms with Gasteiger partial charge in [0.1, 0.15) is 0 Å². The summed E-state index contributed by atoms with van der Waals surface area (Å²) in [5.74, 6) is 0.876. The molecule has 168 valence electrons. The number of carbonyl (C=O) groups is 1. The zero-order valence-corrected chi connectivity index (χ0v) is 19.0. The first-order valence-corrected chi connectivity index (χ1v) is 10.7. The molecule has 3 aromatic carbocycles. The van der Waals surface area contributed by atoms with Crippen LogP contribution in [0.3, 0.4) is 0 Å². The first-order chi connectivity index (χ1) is 16.1. The molecule has 7 heteroatoms. The van der Waals surface area contributed by atoms with Gasteiger partial charge in [0.2, 0.25) is 0 Å². The second-order valence-corrected chi connectivity index (χ2v) is 7.72. The maximum absolute atomic E-state index is 13.8. The fourth-order valence-electron chi connectivity index (χ4n) is 4.04. The van der Waals surface area contributed by atoms with Crippen molar-refractivity contribution in [1.29, 1.82) is 5.26 Å². The number of methoxy groups -OCH3 is 2. The smallest absolute Gasteiger partial charge is 0.260 e. The van der Waals surface area contributed by atoms with Gasteiger partial charge >= 0.3 is 0 Å². The fourth-order valence-corrected chi connectivity index (χ4v) is 4.04. The molecule has 0 radical (unpaired) electrons. The molecule has 0 saturated heterocycles. The van der Waals surface area contributed by atoms with E-state index in [9.17, 15) is 10.1 Å². The van der Waals surface area contributed by atoms with Crippen LogP contribution >= 0.6 is 0 Å². The SMILES string of the molecule is COc1cc2c(cc1OC)N(C)c1ccc(C#N)cc1N(CCNCc1ccccc1)C2=O. The van der Waals surface area contributed by atoms with Gasteiger partial charge in [-0.05, 0) is 29.8 Å². The Kier molecular flexibility index (Phi) is 6.48. The lowest BCUT2D eigenvalue weighted by atomic mass is 10.1. The normalized spacial score (nSPS) is 12.5. The van der Waals surface area contributed by atoms with Crippen molar-refractivity contribution < 1.29 is 14.3 Å². The van der Waals surface area contributed by atoms with Gasteiger partial charge in [0.15, 0.2) is 11.5 Å². The van der Waals surface area contributed by atoms with Crippen molar-refractivity contribution in [3.8, 4) is 17.6 Å². The Labute approximate surface area is 193 Å². The van der Waals surface area contributed by atoms with E-state index in [1.165, 1.54) is 5.56 Å². The molecular formula is C26H26N4O3. The quantitative estimate of drug-likeness (QED) is 0.556. The summed E-state index contributed by atoms with van der Waals surface area (Å²) in [5, 5.41) is 12.9. The maximum atomic E-state index is 13.8. The molecule has 7 nitrogen and oxygen atoms in total. The largest absolute Gasteiger partial charge is 0.493 e. The number of hydrogen-bond acceptors (Lipinski definition) is 6. The third kappa shape index (κ3) is 4.34. The van der Waals surface area contributed by atoms with Crippen molar-refractivity contribution >= 4 is 23.0 Å². The van der Waals surface area contributed by atoms with E-state index >= 15 is 0 Å². The number of rotatable bonds is 7. The minimum Gasteiger partial charge on any atom is -0.493 e.